The number of phenols is 1. The van der Waals surface area contributed by atoms with Crippen LogP contribution in [0.3, 0.4) is 0 Å². The summed E-state index contributed by atoms with van der Waals surface area (Å²) < 4.78 is 17.8. The number of rotatable bonds is 5. The first-order chi connectivity index (χ1) is 10.7. The molecule has 0 bridgehead atoms. The van der Waals surface area contributed by atoms with E-state index in [1.54, 1.807) is 6.92 Å². The SMILES string of the molecule is CCC(C)OP(=O)(O)Cc1cc(C(C)(C)C)c(O)c(C(C)(C)C)c1. The molecule has 0 aliphatic carbocycles. The quantitative estimate of drug-likeness (QED) is 0.685. The lowest BCUT2D eigenvalue weighted by Crippen LogP contribution is -2.18. The Balaban J connectivity index is 3.37. The average molecular weight is 356 g/mol. The minimum Gasteiger partial charge on any atom is -0.507 e. The molecule has 1 aromatic rings. The molecule has 1 aromatic carbocycles. The lowest BCUT2D eigenvalue weighted by atomic mass is 9.78. The summed E-state index contributed by atoms with van der Waals surface area (Å²) in [5.41, 5.74) is 1.76. The van der Waals surface area contributed by atoms with Gasteiger partial charge in [-0.15, -0.1) is 0 Å². The highest BCUT2D eigenvalue weighted by Gasteiger charge is 2.29. The van der Waals surface area contributed by atoms with E-state index in [-0.39, 0.29) is 28.8 Å². The van der Waals surface area contributed by atoms with Gasteiger partial charge in [0.2, 0.25) is 0 Å². The van der Waals surface area contributed by atoms with Gasteiger partial charge in [0.15, 0.2) is 0 Å². The van der Waals surface area contributed by atoms with Crippen molar-refractivity contribution in [3.63, 3.8) is 0 Å². The van der Waals surface area contributed by atoms with Crippen molar-refractivity contribution < 1.29 is 19.1 Å². The Morgan fingerprint density at radius 1 is 1.08 bits per heavy atom. The summed E-state index contributed by atoms with van der Waals surface area (Å²) in [5, 5.41) is 10.7. The maximum atomic E-state index is 12.4. The fourth-order valence-electron chi connectivity index (χ4n) is 2.55. The molecule has 0 aromatic heterocycles. The fraction of sp³-hybridized carbons (Fsp3) is 0.684. The summed E-state index contributed by atoms with van der Waals surface area (Å²) in [7, 11) is -3.73. The van der Waals surface area contributed by atoms with Gasteiger partial charge in [-0.05, 0) is 40.9 Å². The van der Waals surface area contributed by atoms with E-state index in [9.17, 15) is 14.6 Å². The molecule has 0 aliphatic heterocycles. The maximum Gasteiger partial charge on any atom is 0.332 e. The third kappa shape index (κ3) is 5.61. The smallest absolute Gasteiger partial charge is 0.332 e. The normalized spacial score (nSPS) is 16.7. The van der Waals surface area contributed by atoms with Crippen molar-refractivity contribution in [2.24, 2.45) is 0 Å². The van der Waals surface area contributed by atoms with E-state index in [0.717, 1.165) is 16.7 Å². The molecule has 0 amide bonds. The first-order valence-electron chi connectivity index (χ1n) is 8.54. The molecule has 4 nitrogen and oxygen atoms in total. The van der Waals surface area contributed by atoms with Crippen LogP contribution >= 0.6 is 7.60 Å². The van der Waals surface area contributed by atoms with Gasteiger partial charge >= 0.3 is 7.60 Å². The zero-order chi connectivity index (χ0) is 18.9. The number of phenolic OH excluding ortho intramolecular Hbond substituents is 1. The molecular formula is C19H33O4P. The molecule has 2 N–H and O–H groups in total. The maximum absolute atomic E-state index is 12.4. The van der Waals surface area contributed by atoms with Gasteiger partial charge in [0, 0.05) is 0 Å². The van der Waals surface area contributed by atoms with Crippen LogP contribution in [0.1, 0.15) is 78.5 Å². The summed E-state index contributed by atoms with van der Waals surface area (Å²) in [5.74, 6) is 0.273. The Kier molecular flexibility index (Phi) is 6.36. The number of aromatic hydroxyl groups is 1. The van der Waals surface area contributed by atoms with E-state index in [2.05, 4.69) is 0 Å². The van der Waals surface area contributed by atoms with Crippen LogP contribution in [0.25, 0.3) is 0 Å². The van der Waals surface area contributed by atoms with Gasteiger partial charge in [0.05, 0.1) is 12.3 Å². The molecule has 0 fully saturated rings. The molecule has 1 rings (SSSR count). The van der Waals surface area contributed by atoms with E-state index in [4.69, 9.17) is 4.52 Å². The van der Waals surface area contributed by atoms with E-state index in [0.29, 0.717) is 6.42 Å². The standard InChI is InChI=1S/C19H33O4P/c1-9-13(2)23-24(21,22)12-14-10-15(18(3,4)5)17(20)16(11-14)19(6,7)8/h10-11,13,20H,9,12H2,1-8H3,(H,21,22). The van der Waals surface area contributed by atoms with Gasteiger partial charge < -0.3 is 14.5 Å². The molecule has 24 heavy (non-hydrogen) atoms. The van der Waals surface area contributed by atoms with E-state index in [1.807, 2.05) is 60.6 Å². The molecule has 0 heterocycles. The Morgan fingerprint density at radius 3 is 1.83 bits per heavy atom. The van der Waals surface area contributed by atoms with E-state index in [1.165, 1.54) is 0 Å². The lowest BCUT2D eigenvalue weighted by Gasteiger charge is -2.28. The van der Waals surface area contributed by atoms with Gasteiger partial charge in [-0.3, -0.25) is 4.57 Å². The van der Waals surface area contributed by atoms with Gasteiger partial charge in [-0.1, -0.05) is 60.6 Å². The predicted octanol–water partition coefficient (Wildman–Crippen LogP) is 5.49. The Morgan fingerprint density at radius 2 is 1.50 bits per heavy atom. The summed E-state index contributed by atoms with van der Waals surface area (Å²) in [4.78, 5) is 10.2. The van der Waals surface area contributed by atoms with Crippen molar-refractivity contribution in [2.45, 2.75) is 84.9 Å². The monoisotopic (exact) mass is 356 g/mol. The van der Waals surface area contributed by atoms with Crippen LogP contribution < -0.4 is 0 Å². The van der Waals surface area contributed by atoms with Gasteiger partial charge in [0.1, 0.15) is 5.75 Å². The van der Waals surface area contributed by atoms with Crippen molar-refractivity contribution in [1.29, 1.82) is 0 Å². The van der Waals surface area contributed by atoms with Gasteiger partial charge in [-0.25, -0.2) is 0 Å². The molecule has 0 radical (unpaired) electrons. The highest BCUT2D eigenvalue weighted by Crippen LogP contribution is 2.49. The van der Waals surface area contributed by atoms with Crippen LogP contribution in [0.5, 0.6) is 5.75 Å². The van der Waals surface area contributed by atoms with Crippen LogP contribution in [0, 0.1) is 0 Å². The second kappa shape index (κ2) is 7.19. The van der Waals surface area contributed by atoms with Crippen molar-refractivity contribution in [3.05, 3.63) is 28.8 Å². The number of hydrogen-bond acceptors (Lipinski definition) is 3. The van der Waals surface area contributed by atoms with Crippen LogP contribution in [-0.2, 0) is 26.1 Å². The van der Waals surface area contributed by atoms with Crippen molar-refractivity contribution >= 4 is 7.60 Å². The van der Waals surface area contributed by atoms with Crippen LogP contribution in [0.15, 0.2) is 12.1 Å². The molecule has 0 saturated carbocycles. The molecule has 138 valence electrons. The molecule has 0 spiro atoms. The van der Waals surface area contributed by atoms with E-state index >= 15 is 0 Å². The topological polar surface area (TPSA) is 66.8 Å². The summed E-state index contributed by atoms with van der Waals surface area (Å²) >= 11 is 0. The summed E-state index contributed by atoms with van der Waals surface area (Å²) in [6, 6.07) is 3.65. The molecule has 2 atom stereocenters. The second-order valence-electron chi connectivity index (χ2n) is 8.66. The summed E-state index contributed by atoms with van der Waals surface area (Å²) in [6.07, 6.45) is 0.367. The predicted molar refractivity (Wildman–Crippen MR) is 99.9 cm³/mol. The van der Waals surface area contributed by atoms with Gasteiger partial charge in [-0.2, -0.15) is 0 Å². The lowest BCUT2D eigenvalue weighted by molar-refractivity contribution is 0.185. The highest BCUT2D eigenvalue weighted by atomic mass is 31.2. The first-order valence-corrected chi connectivity index (χ1v) is 10.3. The molecule has 2 unspecified atom stereocenters. The van der Waals surface area contributed by atoms with E-state index < -0.39 is 7.60 Å². The third-order valence-corrected chi connectivity index (χ3v) is 5.54. The average Bonchev–Trinajstić information content (AvgIpc) is 2.36. The van der Waals surface area contributed by atoms with Crippen LogP contribution in [-0.4, -0.2) is 16.1 Å². The second-order valence-corrected chi connectivity index (χ2v) is 10.5. The molecular weight excluding hydrogens is 323 g/mol. The molecule has 0 saturated heterocycles. The molecule has 0 aliphatic rings. The van der Waals surface area contributed by atoms with Crippen molar-refractivity contribution in [2.75, 3.05) is 0 Å². The largest absolute Gasteiger partial charge is 0.507 e. The van der Waals surface area contributed by atoms with Crippen molar-refractivity contribution in [1.82, 2.24) is 0 Å². The van der Waals surface area contributed by atoms with Crippen LogP contribution in [0.2, 0.25) is 0 Å². The first kappa shape index (κ1) is 21.2. The van der Waals surface area contributed by atoms with Gasteiger partial charge in [0.25, 0.3) is 0 Å². The summed E-state index contributed by atoms with van der Waals surface area (Å²) in [6.45, 7) is 15.8. The van der Waals surface area contributed by atoms with Crippen molar-refractivity contribution in [3.8, 4) is 5.75 Å². The zero-order valence-corrected chi connectivity index (χ0v) is 17.2. The third-order valence-electron chi connectivity index (χ3n) is 4.09. The number of hydrogen-bond donors (Lipinski definition) is 2. The number of benzene rings is 1. The fourth-order valence-corrected chi connectivity index (χ4v) is 3.98. The minimum absolute atomic E-state index is 0.0518. The molecule has 5 heteroatoms. The Labute approximate surface area is 146 Å². The van der Waals surface area contributed by atoms with Crippen LogP contribution in [0.4, 0.5) is 0 Å². The highest BCUT2D eigenvalue weighted by molar-refractivity contribution is 7.52. The Hall–Kier alpha value is -0.830. The zero-order valence-electron chi connectivity index (χ0n) is 16.3. The Bertz CT molecular complexity index is 588. The minimum atomic E-state index is -3.73.